The number of imidazole rings is 1. The number of fused-ring (bicyclic) bond motifs is 1. The van der Waals surface area contributed by atoms with E-state index < -0.39 is 0 Å². The van der Waals surface area contributed by atoms with Crippen molar-refractivity contribution in [2.45, 2.75) is 46.5 Å². The molecule has 0 radical (unpaired) electrons. The summed E-state index contributed by atoms with van der Waals surface area (Å²) in [5.74, 6) is 7.16. The van der Waals surface area contributed by atoms with Gasteiger partial charge in [0.15, 0.2) is 0 Å². The van der Waals surface area contributed by atoms with E-state index in [1.807, 2.05) is 51.4 Å². The molecule has 1 aromatic carbocycles. The number of carbonyl (C=O) groups excluding carboxylic acids is 1. The Morgan fingerprint density at radius 2 is 1.89 bits per heavy atom. The molecule has 0 aliphatic heterocycles. The smallest absolute Gasteiger partial charge is 0.340 e. The molecule has 144 valence electrons. The molecule has 0 atom stereocenters. The second-order valence-corrected chi connectivity index (χ2v) is 7.36. The minimum absolute atomic E-state index is 0.382. The van der Waals surface area contributed by atoms with E-state index >= 15 is 0 Å². The summed E-state index contributed by atoms with van der Waals surface area (Å²) in [6.07, 6.45) is 2.28. The maximum Gasteiger partial charge on any atom is 0.340 e. The first-order valence-electron chi connectivity index (χ1n) is 9.11. The van der Waals surface area contributed by atoms with Gasteiger partial charge in [0.2, 0.25) is 0 Å². The van der Waals surface area contributed by atoms with Crippen molar-refractivity contribution in [3.63, 3.8) is 0 Å². The van der Waals surface area contributed by atoms with Crippen LogP contribution >= 0.6 is 0 Å². The number of hydrogen-bond donors (Lipinski definition) is 1. The van der Waals surface area contributed by atoms with Crippen molar-refractivity contribution < 1.29 is 14.4 Å². The predicted octanol–water partition coefficient (Wildman–Crippen LogP) is 4.21. The van der Waals surface area contributed by atoms with Crippen LogP contribution in [0.5, 0.6) is 0 Å². The topological polar surface area (TPSA) is 79.4 Å². The van der Waals surface area contributed by atoms with Gasteiger partial charge in [-0.2, -0.15) is 5.90 Å². The molecule has 1 aromatic heterocycles. The lowest BCUT2D eigenvalue weighted by molar-refractivity contribution is 0.0602. The molecule has 1 saturated carbocycles. The number of nitrogens with zero attached hydrogens (tertiary/aromatic N) is 2. The van der Waals surface area contributed by atoms with Crippen molar-refractivity contribution in [2.24, 2.45) is 12.9 Å². The van der Waals surface area contributed by atoms with Crippen LogP contribution < -0.4 is 5.90 Å². The van der Waals surface area contributed by atoms with Crippen LogP contribution in [0.3, 0.4) is 0 Å². The fourth-order valence-corrected chi connectivity index (χ4v) is 3.48. The number of aryl methyl sites for hydroxylation is 1. The zero-order valence-corrected chi connectivity index (χ0v) is 16.8. The second-order valence-electron chi connectivity index (χ2n) is 7.36. The predicted molar refractivity (Wildman–Crippen MR) is 106 cm³/mol. The monoisotopic (exact) mass is 369 g/mol. The number of methoxy groups -OCH3 is 1. The van der Waals surface area contributed by atoms with E-state index in [1.54, 1.807) is 0 Å². The Morgan fingerprint density at radius 3 is 2.41 bits per heavy atom. The summed E-state index contributed by atoms with van der Waals surface area (Å²) in [7, 11) is 3.35. The Morgan fingerprint density at radius 1 is 1.22 bits per heavy atom. The Bertz CT molecular complexity index is 974. The third-order valence-corrected chi connectivity index (χ3v) is 5.29. The highest BCUT2D eigenvalue weighted by molar-refractivity contribution is 6.04. The van der Waals surface area contributed by atoms with E-state index in [1.165, 1.54) is 7.11 Å². The number of nitrogens with two attached hydrogens (primary N) is 1. The first-order valence-corrected chi connectivity index (χ1v) is 9.11. The molecule has 0 bridgehead atoms. The van der Waals surface area contributed by atoms with Gasteiger partial charge in [0.05, 0.1) is 23.7 Å². The highest BCUT2D eigenvalue weighted by atomic mass is 16.6. The molecule has 2 aromatic rings. The van der Waals surface area contributed by atoms with Gasteiger partial charge in [-0.25, -0.2) is 9.78 Å². The lowest BCUT2D eigenvalue weighted by atomic mass is 9.93. The van der Waals surface area contributed by atoms with Crippen LogP contribution in [0.15, 0.2) is 29.0 Å². The molecule has 1 aliphatic carbocycles. The van der Waals surface area contributed by atoms with Gasteiger partial charge in [0, 0.05) is 18.5 Å². The number of allylic oxidation sites excluding steroid dienone is 4. The average Bonchev–Trinajstić information content (AvgIpc) is 3.44. The molecular weight excluding hydrogens is 342 g/mol. The zero-order chi connectivity index (χ0) is 19.9. The van der Waals surface area contributed by atoms with Gasteiger partial charge in [0.1, 0.15) is 11.6 Å². The summed E-state index contributed by atoms with van der Waals surface area (Å²) >= 11 is 0. The highest BCUT2D eigenvalue weighted by Crippen LogP contribution is 2.41. The third-order valence-electron chi connectivity index (χ3n) is 5.29. The lowest BCUT2D eigenvalue weighted by Gasteiger charge is -2.15. The number of benzene rings is 1. The fraction of sp³-hybridized carbons (Fsp3) is 0.429. The van der Waals surface area contributed by atoms with Crippen molar-refractivity contribution in [3.05, 3.63) is 46.0 Å². The molecule has 1 fully saturated rings. The standard InChI is InChI=1S/C21H27N3O3/c1-11(2)12(3)18(13(4)27-22)15-9-16(21(25)26-6)19-17(10-15)23-20(24(19)5)14-7-8-14/h9-10,14H,7-8,22H2,1-6H3/b18-13+. The summed E-state index contributed by atoms with van der Waals surface area (Å²) in [6.45, 7) is 7.90. The Hall–Kier alpha value is -2.60. The Labute approximate surface area is 159 Å². The van der Waals surface area contributed by atoms with Crippen LogP contribution in [0.1, 0.15) is 68.2 Å². The van der Waals surface area contributed by atoms with E-state index in [2.05, 4.69) is 0 Å². The van der Waals surface area contributed by atoms with Gasteiger partial charge >= 0.3 is 5.97 Å². The quantitative estimate of drug-likeness (QED) is 0.369. The second kappa shape index (κ2) is 7.19. The van der Waals surface area contributed by atoms with Gasteiger partial charge in [-0.3, -0.25) is 0 Å². The van der Waals surface area contributed by atoms with Gasteiger partial charge < -0.3 is 14.1 Å². The summed E-state index contributed by atoms with van der Waals surface area (Å²) in [5.41, 5.74) is 5.96. The number of ether oxygens (including phenoxy) is 1. The van der Waals surface area contributed by atoms with E-state index in [9.17, 15) is 4.79 Å². The first-order chi connectivity index (χ1) is 12.8. The highest BCUT2D eigenvalue weighted by Gasteiger charge is 2.30. The van der Waals surface area contributed by atoms with Crippen molar-refractivity contribution in [2.75, 3.05) is 7.11 Å². The van der Waals surface area contributed by atoms with Crippen LogP contribution in [0.2, 0.25) is 0 Å². The van der Waals surface area contributed by atoms with Crippen LogP contribution in [0.25, 0.3) is 16.6 Å². The molecule has 0 unspecified atom stereocenters. The normalized spacial score (nSPS) is 14.8. The zero-order valence-electron chi connectivity index (χ0n) is 16.8. The minimum atomic E-state index is -0.382. The molecule has 27 heavy (non-hydrogen) atoms. The Balaban J connectivity index is 2.34. The summed E-state index contributed by atoms with van der Waals surface area (Å²) in [4.78, 5) is 22.4. The molecule has 1 aliphatic rings. The first kappa shape index (κ1) is 19.2. The Kier molecular flexibility index (Phi) is 5.11. The molecule has 0 saturated heterocycles. The van der Waals surface area contributed by atoms with E-state index in [0.717, 1.165) is 52.0 Å². The maximum atomic E-state index is 12.5. The fourth-order valence-electron chi connectivity index (χ4n) is 3.48. The van der Waals surface area contributed by atoms with E-state index in [-0.39, 0.29) is 5.97 Å². The largest absolute Gasteiger partial charge is 0.465 e. The molecule has 1 heterocycles. The number of rotatable bonds is 5. The van der Waals surface area contributed by atoms with E-state index in [0.29, 0.717) is 17.2 Å². The molecule has 6 heteroatoms. The van der Waals surface area contributed by atoms with Crippen LogP contribution in [0.4, 0.5) is 0 Å². The van der Waals surface area contributed by atoms with Crippen molar-refractivity contribution in [3.8, 4) is 0 Å². The van der Waals surface area contributed by atoms with Crippen LogP contribution in [0, 0.1) is 0 Å². The van der Waals surface area contributed by atoms with Gasteiger partial charge in [-0.15, -0.1) is 0 Å². The number of aromatic nitrogens is 2. The molecule has 0 amide bonds. The number of esters is 1. The molecule has 6 nitrogen and oxygen atoms in total. The molecule has 2 N–H and O–H groups in total. The average molecular weight is 369 g/mol. The molecular formula is C21H27N3O3. The van der Waals surface area contributed by atoms with Crippen molar-refractivity contribution in [1.82, 2.24) is 9.55 Å². The van der Waals surface area contributed by atoms with Crippen LogP contribution in [-0.2, 0) is 16.6 Å². The number of hydrogen-bond acceptors (Lipinski definition) is 5. The van der Waals surface area contributed by atoms with Gasteiger partial charge in [-0.1, -0.05) is 5.57 Å². The summed E-state index contributed by atoms with van der Waals surface area (Å²) < 4.78 is 7.07. The summed E-state index contributed by atoms with van der Waals surface area (Å²) in [5, 5.41) is 0. The van der Waals surface area contributed by atoms with Crippen molar-refractivity contribution in [1.29, 1.82) is 0 Å². The van der Waals surface area contributed by atoms with E-state index in [4.69, 9.17) is 20.5 Å². The summed E-state index contributed by atoms with van der Waals surface area (Å²) in [6, 6.07) is 3.84. The molecule has 0 spiro atoms. The van der Waals surface area contributed by atoms with Gasteiger partial charge in [0.25, 0.3) is 0 Å². The number of carbonyl (C=O) groups is 1. The van der Waals surface area contributed by atoms with Gasteiger partial charge in [-0.05, 0) is 63.8 Å². The van der Waals surface area contributed by atoms with Crippen molar-refractivity contribution >= 4 is 22.6 Å². The maximum absolute atomic E-state index is 12.5. The molecule has 3 rings (SSSR count). The third kappa shape index (κ3) is 3.37. The van der Waals surface area contributed by atoms with Crippen LogP contribution in [-0.4, -0.2) is 22.6 Å². The SMILES string of the molecule is COC(=O)c1cc(/C(C(C)=C(C)C)=C(\C)ON)cc2nc(C3CC3)n(C)c12. The minimum Gasteiger partial charge on any atom is -0.465 e. The lowest BCUT2D eigenvalue weighted by Crippen LogP contribution is -2.07.